The maximum Gasteiger partial charge on any atom is 0.239 e. The maximum atomic E-state index is 12.6. The minimum atomic E-state index is -0.223. The standard InChI is InChI=1S/C19H18ClN3O2S2/c1-3-16(26-15-10-6-13(20)7-11-15)17(24)21-19-23-22-18(27-19)12-4-8-14(25-2)9-5-12/h4-11,16H,3H2,1-2H3,(H,21,23,24)/t16-/m0/s1. The number of aromatic nitrogens is 2. The summed E-state index contributed by atoms with van der Waals surface area (Å²) < 4.78 is 5.16. The zero-order valence-corrected chi connectivity index (χ0v) is 17.2. The Labute approximate surface area is 171 Å². The van der Waals surface area contributed by atoms with Gasteiger partial charge in [-0.2, -0.15) is 0 Å². The third kappa shape index (κ3) is 5.22. The number of ether oxygens (including phenoxy) is 1. The SMILES string of the molecule is CC[C@H](Sc1ccc(Cl)cc1)C(=O)Nc1nnc(-c2ccc(OC)cc2)s1. The van der Waals surface area contributed by atoms with Crippen LogP contribution in [0.15, 0.2) is 53.4 Å². The van der Waals surface area contributed by atoms with Crippen LogP contribution in [0.3, 0.4) is 0 Å². The van der Waals surface area contributed by atoms with Crippen LogP contribution in [0.1, 0.15) is 13.3 Å². The first kappa shape index (κ1) is 19.7. The molecule has 0 saturated heterocycles. The van der Waals surface area contributed by atoms with Crippen molar-refractivity contribution in [2.45, 2.75) is 23.5 Å². The number of nitrogens with zero attached hydrogens (tertiary/aromatic N) is 2. The van der Waals surface area contributed by atoms with Gasteiger partial charge < -0.3 is 4.74 Å². The Balaban J connectivity index is 1.65. The predicted octanol–water partition coefficient (Wildman–Crippen LogP) is 5.38. The van der Waals surface area contributed by atoms with Crippen molar-refractivity contribution in [3.05, 3.63) is 53.6 Å². The van der Waals surface area contributed by atoms with Gasteiger partial charge in [0.05, 0.1) is 12.4 Å². The summed E-state index contributed by atoms with van der Waals surface area (Å²) in [6, 6.07) is 15.0. The van der Waals surface area contributed by atoms with Crippen molar-refractivity contribution >= 4 is 45.7 Å². The minimum absolute atomic E-state index is 0.0881. The Hall–Kier alpha value is -2.09. The molecule has 27 heavy (non-hydrogen) atoms. The van der Waals surface area contributed by atoms with E-state index in [1.165, 1.54) is 23.1 Å². The van der Waals surface area contributed by atoms with Crippen LogP contribution in [-0.2, 0) is 4.79 Å². The van der Waals surface area contributed by atoms with Gasteiger partial charge in [0.2, 0.25) is 11.0 Å². The molecular weight excluding hydrogens is 402 g/mol. The number of methoxy groups -OCH3 is 1. The van der Waals surface area contributed by atoms with E-state index in [9.17, 15) is 4.79 Å². The van der Waals surface area contributed by atoms with E-state index in [4.69, 9.17) is 16.3 Å². The minimum Gasteiger partial charge on any atom is -0.497 e. The number of anilines is 1. The van der Waals surface area contributed by atoms with Gasteiger partial charge in [0, 0.05) is 15.5 Å². The van der Waals surface area contributed by atoms with Gasteiger partial charge in [0.25, 0.3) is 0 Å². The van der Waals surface area contributed by atoms with E-state index in [1.807, 2.05) is 55.5 Å². The second kappa shape index (κ2) is 9.21. The van der Waals surface area contributed by atoms with E-state index in [1.54, 1.807) is 7.11 Å². The highest BCUT2D eigenvalue weighted by Crippen LogP contribution is 2.30. The van der Waals surface area contributed by atoms with E-state index in [0.29, 0.717) is 16.6 Å². The lowest BCUT2D eigenvalue weighted by atomic mass is 10.2. The van der Waals surface area contributed by atoms with Crippen molar-refractivity contribution in [2.24, 2.45) is 0 Å². The van der Waals surface area contributed by atoms with Gasteiger partial charge in [-0.3, -0.25) is 10.1 Å². The number of amides is 1. The summed E-state index contributed by atoms with van der Waals surface area (Å²) in [5.41, 5.74) is 0.927. The van der Waals surface area contributed by atoms with Crippen LogP contribution in [0.4, 0.5) is 5.13 Å². The van der Waals surface area contributed by atoms with Gasteiger partial charge in [-0.15, -0.1) is 22.0 Å². The fourth-order valence-electron chi connectivity index (χ4n) is 2.31. The molecule has 3 rings (SSSR count). The van der Waals surface area contributed by atoms with E-state index in [2.05, 4.69) is 15.5 Å². The summed E-state index contributed by atoms with van der Waals surface area (Å²) in [5.74, 6) is 0.691. The Kier molecular flexibility index (Phi) is 6.71. The number of benzene rings is 2. The Morgan fingerprint density at radius 2 is 1.89 bits per heavy atom. The lowest BCUT2D eigenvalue weighted by Crippen LogP contribution is -2.24. The van der Waals surface area contributed by atoms with E-state index in [0.717, 1.165) is 21.2 Å². The number of carbonyl (C=O) groups is 1. The highest BCUT2D eigenvalue weighted by atomic mass is 35.5. The van der Waals surface area contributed by atoms with Gasteiger partial charge >= 0.3 is 0 Å². The first-order valence-electron chi connectivity index (χ1n) is 8.30. The molecular formula is C19H18ClN3O2S2. The number of carbonyl (C=O) groups excluding carboxylic acids is 1. The van der Waals surface area contributed by atoms with Crippen LogP contribution in [0.25, 0.3) is 10.6 Å². The molecule has 0 aliphatic heterocycles. The average molecular weight is 420 g/mol. The third-order valence-corrected chi connectivity index (χ3v) is 6.26. The fourth-order valence-corrected chi connectivity index (χ4v) is 4.14. The number of halogens is 1. The monoisotopic (exact) mass is 419 g/mol. The Morgan fingerprint density at radius 1 is 1.19 bits per heavy atom. The Bertz CT molecular complexity index is 898. The van der Waals surface area contributed by atoms with Crippen molar-refractivity contribution in [2.75, 3.05) is 12.4 Å². The highest BCUT2D eigenvalue weighted by Gasteiger charge is 2.20. The zero-order chi connectivity index (χ0) is 19.2. The summed E-state index contributed by atoms with van der Waals surface area (Å²) in [6.45, 7) is 1.98. The first-order valence-corrected chi connectivity index (χ1v) is 10.4. The summed E-state index contributed by atoms with van der Waals surface area (Å²) in [5, 5.41) is 12.8. The third-order valence-electron chi connectivity index (χ3n) is 3.75. The normalized spacial score (nSPS) is 11.8. The molecule has 0 fully saturated rings. The number of rotatable bonds is 7. The smallest absolute Gasteiger partial charge is 0.239 e. The molecule has 1 heterocycles. The molecule has 1 atom stereocenters. The summed E-state index contributed by atoms with van der Waals surface area (Å²) in [7, 11) is 1.62. The van der Waals surface area contributed by atoms with Crippen LogP contribution >= 0.6 is 34.7 Å². The molecule has 1 N–H and O–H groups in total. The Morgan fingerprint density at radius 3 is 2.52 bits per heavy atom. The van der Waals surface area contributed by atoms with Crippen LogP contribution in [0.5, 0.6) is 5.75 Å². The molecule has 1 aromatic heterocycles. The van der Waals surface area contributed by atoms with Crippen molar-refractivity contribution in [3.63, 3.8) is 0 Å². The largest absolute Gasteiger partial charge is 0.497 e. The summed E-state index contributed by atoms with van der Waals surface area (Å²) in [6.07, 6.45) is 0.698. The van der Waals surface area contributed by atoms with Gasteiger partial charge in [-0.1, -0.05) is 29.9 Å². The molecule has 0 bridgehead atoms. The van der Waals surface area contributed by atoms with E-state index < -0.39 is 0 Å². The fraction of sp³-hybridized carbons (Fsp3) is 0.211. The molecule has 0 spiro atoms. The van der Waals surface area contributed by atoms with Crippen LogP contribution < -0.4 is 10.1 Å². The van der Waals surface area contributed by atoms with Crippen LogP contribution in [-0.4, -0.2) is 28.5 Å². The van der Waals surface area contributed by atoms with Crippen molar-refractivity contribution in [1.82, 2.24) is 10.2 Å². The molecule has 0 aliphatic carbocycles. The second-order valence-corrected chi connectivity index (χ2v) is 8.29. The quantitative estimate of drug-likeness (QED) is 0.521. The molecule has 0 radical (unpaired) electrons. The van der Waals surface area contributed by atoms with Crippen LogP contribution in [0.2, 0.25) is 5.02 Å². The number of hydrogen-bond acceptors (Lipinski definition) is 6. The topological polar surface area (TPSA) is 64.1 Å². The highest BCUT2D eigenvalue weighted by molar-refractivity contribution is 8.00. The molecule has 2 aromatic carbocycles. The number of hydrogen-bond donors (Lipinski definition) is 1. The van der Waals surface area contributed by atoms with Crippen molar-refractivity contribution < 1.29 is 9.53 Å². The molecule has 8 heteroatoms. The lowest BCUT2D eigenvalue weighted by Gasteiger charge is -2.13. The molecule has 5 nitrogen and oxygen atoms in total. The van der Waals surface area contributed by atoms with Crippen LogP contribution in [0, 0.1) is 0 Å². The lowest BCUT2D eigenvalue weighted by molar-refractivity contribution is -0.115. The average Bonchev–Trinajstić information content (AvgIpc) is 3.16. The predicted molar refractivity (Wildman–Crippen MR) is 112 cm³/mol. The molecule has 3 aromatic rings. The van der Waals surface area contributed by atoms with E-state index >= 15 is 0 Å². The summed E-state index contributed by atoms with van der Waals surface area (Å²) >= 11 is 8.76. The van der Waals surface area contributed by atoms with Crippen molar-refractivity contribution in [3.8, 4) is 16.3 Å². The van der Waals surface area contributed by atoms with Gasteiger partial charge in [-0.05, 0) is 55.0 Å². The maximum absolute atomic E-state index is 12.6. The van der Waals surface area contributed by atoms with Crippen molar-refractivity contribution in [1.29, 1.82) is 0 Å². The molecule has 140 valence electrons. The van der Waals surface area contributed by atoms with Gasteiger partial charge in [0.1, 0.15) is 10.8 Å². The first-order chi connectivity index (χ1) is 13.1. The van der Waals surface area contributed by atoms with E-state index in [-0.39, 0.29) is 11.2 Å². The number of thioether (sulfide) groups is 1. The number of nitrogens with one attached hydrogen (secondary N) is 1. The summed E-state index contributed by atoms with van der Waals surface area (Å²) in [4.78, 5) is 13.6. The molecule has 0 unspecified atom stereocenters. The van der Waals surface area contributed by atoms with Gasteiger partial charge in [0.15, 0.2) is 0 Å². The van der Waals surface area contributed by atoms with Gasteiger partial charge in [-0.25, -0.2) is 0 Å². The second-order valence-electron chi connectivity index (χ2n) is 5.60. The molecule has 0 saturated carbocycles. The molecule has 0 aliphatic rings. The molecule has 1 amide bonds. The zero-order valence-electron chi connectivity index (χ0n) is 14.8.